The number of hydrogen-bond donors (Lipinski definition) is 2. The van der Waals surface area contributed by atoms with Crippen molar-refractivity contribution in [3.63, 3.8) is 0 Å². The monoisotopic (exact) mass is 456 g/mol. The highest BCUT2D eigenvalue weighted by molar-refractivity contribution is 6.37. The highest BCUT2D eigenvalue weighted by Crippen LogP contribution is 2.35. The minimum absolute atomic E-state index is 0.423. The van der Waals surface area contributed by atoms with Crippen LogP contribution in [-0.2, 0) is 6.42 Å². The van der Waals surface area contributed by atoms with Gasteiger partial charge in [0.05, 0.1) is 36.3 Å². The van der Waals surface area contributed by atoms with E-state index in [9.17, 15) is 0 Å². The highest BCUT2D eigenvalue weighted by atomic mass is 35.5. The third kappa shape index (κ3) is 3.89. The van der Waals surface area contributed by atoms with Crippen LogP contribution >= 0.6 is 23.2 Å². The smallest absolute Gasteiger partial charge is 0.156 e. The molecule has 0 amide bonds. The molecule has 0 atom stereocenters. The molecule has 1 aliphatic rings. The van der Waals surface area contributed by atoms with Gasteiger partial charge < -0.3 is 15.0 Å². The molecule has 7 nitrogen and oxygen atoms in total. The van der Waals surface area contributed by atoms with Crippen LogP contribution in [0.2, 0.25) is 10.0 Å². The highest BCUT2D eigenvalue weighted by Gasteiger charge is 2.18. The topological polar surface area (TPSA) is 80.6 Å². The van der Waals surface area contributed by atoms with E-state index in [1.165, 1.54) is 0 Å². The van der Waals surface area contributed by atoms with Gasteiger partial charge in [-0.05, 0) is 43.6 Å². The molecule has 0 radical (unpaired) electrons. The molecule has 1 aromatic carbocycles. The second kappa shape index (κ2) is 8.49. The number of rotatable bonds is 5. The maximum absolute atomic E-state index is 6.51. The predicted octanol–water partition coefficient (Wildman–Crippen LogP) is 4.65. The van der Waals surface area contributed by atoms with E-state index < -0.39 is 0 Å². The molecule has 1 fully saturated rings. The average molecular weight is 457 g/mol. The number of methoxy groups -OCH3 is 1. The van der Waals surface area contributed by atoms with E-state index in [4.69, 9.17) is 32.9 Å². The Hall–Kier alpha value is -2.61. The van der Waals surface area contributed by atoms with E-state index in [0.717, 1.165) is 59.5 Å². The van der Waals surface area contributed by atoms with Gasteiger partial charge in [-0.2, -0.15) is 5.10 Å². The number of nitrogens with zero attached hydrogens (tertiary/aromatic N) is 4. The minimum Gasteiger partial charge on any atom is -0.495 e. The third-order valence-electron chi connectivity index (χ3n) is 5.78. The lowest BCUT2D eigenvalue weighted by Gasteiger charge is -2.22. The van der Waals surface area contributed by atoms with Gasteiger partial charge in [-0.1, -0.05) is 23.2 Å². The van der Waals surface area contributed by atoms with Gasteiger partial charge >= 0.3 is 0 Å². The van der Waals surface area contributed by atoms with E-state index in [0.29, 0.717) is 28.3 Å². The average Bonchev–Trinajstić information content (AvgIpc) is 3.45. The Morgan fingerprint density at radius 1 is 1.19 bits per heavy atom. The molecule has 4 aromatic rings. The summed E-state index contributed by atoms with van der Waals surface area (Å²) in [6.07, 6.45) is 10.3. The number of hydrogen-bond acceptors (Lipinski definition) is 5. The van der Waals surface area contributed by atoms with Crippen molar-refractivity contribution in [2.75, 3.05) is 20.2 Å². The van der Waals surface area contributed by atoms with Crippen LogP contribution in [0.15, 0.2) is 36.9 Å². The standard InChI is InChI=1S/C22H22Cl2N6O/c1-31-19-3-2-17(23)16(20(19)24)8-13-9-26-22-21(13)29-18(11-27-22)14-10-28-30(12-14)15-4-6-25-7-5-15/h2-3,9-12,15,25H,4-8H2,1H3,(H,26,27). The first-order chi connectivity index (χ1) is 15.1. The van der Waals surface area contributed by atoms with E-state index in [2.05, 4.69) is 31.3 Å². The summed E-state index contributed by atoms with van der Waals surface area (Å²) in [5.41, 5.74) is 5.03. The van der Waals surface area contributed by atoms with E-state index in [-0.39, 0.29) is 0 Å². The van der Waals surface area contributed by atoms with Crippen LogP contribution in [0.5, 0.6) is 5.75 Å². The molecule has 1 aliphatic heterocycles. The van der Waals surface area contributed by atoms with Crippen molar-refractivity contribution in [3.8, 4) is 17.0 Å². The van der Waals surface area contributed by atoms with Crippen LogP contribution in [0, 0.1) is 0 Å². The zero-order valence-corrected chi connectivity index (χ0v) is 18.5. The zero-order chi connectivity index (χ0) is 21.4. The lowest BCUT2D eigenvalue weighted by atomic mass is 10.1. The summed E-state index contributed by atoms with van der Waals surface area (Å²) < 4.78 is 7.39. The number of halogens is 2. The van der Waals surface area contributed by atoms with Gasteiger partial charge in [-0.3, -0.25) is 4.68 Å². The molecule has 5 rings (SSSR count). The molecule has 0 aliphatic carbocycles. The summed E-state index contributed by atoms with van der Waals surface area (Å²) in [5.74, 6) is 0.595. The molecule has 0 saturated carbocycles. The normalized spacial score (nSPS) is 14.9. The van der Waals surface area contributed by atoms with Gasteiger partial charge in [-0.25, -0.2) is 9.97 Å². The lowest BCUT2D eigenvalue weighted by molar-refractivity contribution is 0.343. The van der Waals surface area contributed by atoms with Crippen molar-refractivity contribution in [2.24, 2.45) is 0 Å². The second-order valence-electron chi connectivity index (χ2n) is 7.68. The summed E-state index contributed by atoms with van der Waals surface area (Å²) in [7, 11) is 1.59. The molecule has 3 aromatic heterocycles. The van der Waals surface area contributed by atoms with Crippen LogP contribution in [0.3, 0.4) is 0 Å². The molecule has 0 unspecified atom stereocenters. The number of aromatic nitrogens is 5. The van der Waals surface area contributed by atoms with Crippen molar-refractivity contribution in [3.05, 3.63) is 58.1 Å². The summed E-state index contributed by atoms with van der Waals surface area (Å²) in [6, 6.07) is 3.98. The van der Waals surface area contributed by atoms with Crippen molar-refractivity contribution < 1.29 is 4.74 Å². The molecular formula is C22H22Cl2N6O. The Balaban J connectivity index is 1.48. The first kappa shape index (κ1) is 20.3. The van der Waals surface area contributed by atoms with E-state index in [1.807, 2.05) is 12.4 Å². The SMILES string of the molecule is COc1ccc(Cl)c(Cc2c[nH]c3ncc(-c4cnn(C5CCNCC5)c4)nc23)c1Cl. The van der Waals surface area contributed by atoms with Crippen LogP contribution < -0.4 is 10.1 Å². The number of fused-ring (bicyclic) bond motifs is 1. The van der Waals surface area contributed by atoms with Crippen molar-refractivity contribution >= 4 is 34.4 Å². The van der Waals surface area contributed by atoms with Gasteiger partial charge in [0.25, 0.3) is 0 Å². The molecule has 160 valence electrons. The van der Waals surface area contributed by atoms with Gasteiger partial charge in [-0.15, -0.1) is 0 Å². The maximum atomic E-state index is 6.51. The van der Waals surface area contributed by atoms with Gasteiger partial charge in [0.1, 0.15) is 11.3 Å². The summed E-state index contributed by atoms with van der Waals surface area (Å²) in [5, 5.41) is 9.07. The fraction of sp³-hybridized carbons (Fsp3) is 0.318. The van der Waals surface area contributed by atoms with E-state index in [1.54, 1.807) is 25.4 Å². The number of H-pyrrole nitrogens is 1. The molecule has 2 N–H and O–H groups in total. The molecule has 1 saturated heterocycles. The van der Waals surface area contributed by atoms with Crippen molar-refractivity contribution in [1.29, 1.82) is 0 Å². The Labute approximate surface area is 189 Å². The predicted molar refractivity (Wildman–Crippen MR) is 122 cm³/mol. The lowest BCUT2D eigenvalue weighted by Crippen LogP contribution is -2.29. The first-order valence-electron chi connectivity index (χ1n) is 10.2. The molecule has 4 heterocycles. The molecule has 0 spiro atoms. The molecule has 0 bridgehead atoms. The van der Waals surface area contributed by atoms with Crippen molar-refractivity contribution in [2.45, 2.75) is 25.3 Å². The van der Waals surface area contributed by atoms with Gasteiger partial charge in [0.15, 0.2) is 5.65 Å². The third-order valence-corrected chi connectivity index (χ3v) is 6.55. The second-order valence-corrected chi connectivity index (χ2v) is 8.46. The zero-order valence-electron chi connectivity index (χ0n) is 17.0. The summed E-state index contributed by atoms with van der Waals surface area (Å²) in [4.78, 5) is 12.6. The molecule has 9 heteroatoms. The van der Waals surface area contributed by atoms with Crippen LogP contribution in [0.4, 0.5) is 0 Å². The maximum Gasteiger partial charge on any atom is 0.156 e. The van der Waals surface area contributed by atoms with E-state index >= 15 is 0 Å². The van der Waals surface area contributed by atoms with Gasteiger partial charge in [0.2, 0.25) is 0 Å². The number of aromatic amines is 1. The summed E-state index contributed by atoms with van der Waals surface area (Å²) in [6.45, 7) is 2.04. The molecular weight excluding hydrogens is 435 g/mol. The van der Waals surface area contributed by atoms with Crippen LogP contribution in [0.25, 0.3) is 22.4 Å². The Morgan fingerprint density at radius 2 is 2.03 bits per heavy atom. The summed E-state index contributed by atoms with van der Waals surface area (Å²) >= 11 is 12.9. The number of piperidine rings is 1. The van der Waals surface area contributed by atoms with Crippen LogP contribution in [0.1, 0.15) is 30.0 Å². The van der Waals surface area contributed by atoms with Gasteiger partial charge in [0, 0.05) is 35.0 Å². The Bertz CT molecular complexity index is 1230. The first-order valence-corrected chi connectivity index (χ1v) is 11.0. The number of ether oxygens (including phenoxy) is 1. The fourth-order valence-electron chi connectivity index (χ4n) is 4.04. The Morgan fingerprint density at radius 3 is 2.84 bits per heavy atom. The molecule has 31 heavy (non-hydrogen) atoms. The van der Waals surface area contributed by atoms with Crippen LogP contribution in [-0.4, -0.2) is 44.9 Å². The quantitative estimate of drug-likeness (QED) is 0.456. The largest absolute Gasteiger partial charge is 0.495 e. The Kier molecular flexibility index (Phi) is 5.56. The number of benzene rings is 1. The van der Waals surface area contributed by atoms with Crippen molar-refractivity contribution in [1.82, 2.24) is 30.0 Å². The minimum atomic E-state index is 0.423. The number of nitrogens with one attached hydrogen (secondary N) is 2. The fourth-order valence-corrected chi connectivity index (χ4v) is 4.63.